The molecule has 152 valence electrons. The van der Waals surface area contributed by atoms with Crippen LogP contribution in [0.25, 0.3) is 11.1 Å². The SMILES string of the molecule is O=C1COCc2ccc(-c3ccc4c(c3)OCO4)cc2N1CCN1CCOCC1. The van der Waals surface area contributed by atoms with Crippen LogP contribution in [0.3, 0.4) is 0 Å². The lowest BCUT2D eigenvalue weighted by atomic mass is 10.0. The Morgan fingerprint density at radius 3 is 2.52 bits per heavy atom. The van der Waals surface area contributed by atoms with Gasteiger partial charge in [0.15, 0.2) is 11.5 Å². The van der Waals surface area contributed by atoms with E-state index in [2.05, 4.69) is 23.1 Å². The van der Waals surface area contributed by atoms with Crippen LogP contribution in [-0.2, 0) is 20.9 Å². The maximum absolute atomic E-state index is 12.8. The van der Waals surface area contributed by atoms with Crippen molar-refractivity contribution < 1.29 is 23.7 Å². The van der Waals surface area contributed by atoms with Gasteiger partial charge in [-0.15, -0.1) is 0 Å². The highest BCUT2D eigenvalue weighted by Gasteiger charge is 2.24. The molecule has 0 saturated carbocycles. The van der Waals surface area contributed by atoms with E-state index in [0.717, 1.165) is 66.7 Å². The zero-order valence-electron chi connectivity index (χ0n) is 16.3. The van der Waals surface area contributed by atoms with E-state index in [0.29, 0.717) is 13.2 Å². The first kappa shape index (κ1) is 18.4. The second kappa shape index (κ2) is 8.02. The number of rotatable bonds is 4. The van der Waals surface area contributed by atoms with Crippen molar-refractivity contribution in [1.29, 1.82) is 0 Å². The lowest BCUT2D eigenvalue weighted by Crippen LogP contribution is -2.43. The van der Waals surface area contributed by atoms with Gasteiger partial charge in [-0.2, -0.15) is 0 Å². The standard InChI is InChI=1S/C22H24N2O5/c25-22-14-27-13-18-2-1-16(17-3-4-20-21(12-17)29-15-28-20)11-19(18)24(22)6-5-23-7-9-26-10-8-23/h1-4,11-12H,5-10,13-15H2. The predicted octanol–water partition coefficient (Wildman–Crippen LogP) is 2.28. The molecule has 2 aromatic carbocycles. The topological polar surface area (TPSA) is 60.5 Å². The molecule has 0 radical (unpaired) electrons. The average molecular weight is 396 g/mol. The molecule has 0 bridgehead atoms. The fraction of sp³-hybridized carbons (Fsp3) is 0.409. The van der Waals surface area contributed by atoms with Crippen LogP contribution in [0.5, 0.6) is 11.5 Å². The minimum absolute atomic E-state index is 0.000142. The Balaban J connectivity index is 1.43. The second-order valence-corrected chi connectivity index (χ2v) is 7.40. The summed E-state index contributed by atoms with van der Waals surface area (Å²) < 4.78 is 22.0. The number of hydrogen-bond acceptors (Lipinski definition) is 6. The highest BCUT2D eigenvalue weighted by molar-refractivity contribution is 5.96. The Kier molecular flexibility index (Phi) is 5.10. The molecular weight excluding hydrogens is 372 g/mol. The van der Waals surface area contributed by atoms with Crippen LogP contribution in [0.4, 0.5) is 5.69 Å². The Morgan fingerprint density at radius 1 is 0.828 bits per heavy atom. The Morgan fingerprint density at radius 2 is 1.62 bits per heavy atom. The van der Waals surface area contributed by atoms with Gasteiger partial charge in [0.1, 0.15) is 6.61 Å². The molecular formula is C22H24N2O5. The zero-order valence-corrected chi connectivity index (χ0v) is 16.3. The fourth-order valence-electron chi connectivity index (χ4n) is 3.96. The molecule has 29 heavy (non-hydrogen) atoms. The van der Waals surface area contributed by atoms with Crippen molar-refractivity contribution >= 4 is 11.6 Å². The number of carbonyl (C=O) groups excluding carboxylic acids is 1. The largest absolute Gasteiger partial charge is 0.454 e. The smallest absolute Gasteiger partial charge is 0.253 e. The van der Waals surface area contributed by atoms with Gasteiger partial charge in [0.2, 0.25) is 6.79 Å². The summed E-state index contributed by atoms with van der Waals surface area (Å²) in [6.07, 6.45) is 0. The molecule has 0 aromatic heterocycles. The first-order chi connectivity index (χ1) is 14.3. The van der Waals surface area contributed by atoms with Gasteiger partial charge in [0.05, 0.1) is 19.8 Å². The van der Waals surface area contributed by atoms with Crippen LogP contribution in [0.15, 0.2) is 36.4 Å². The lowest BCUT2D eigenvalue weighted by Gasteiger charge is -2.30. The molecule has 0 unspecified atom stereocenters. The molecule has 7 heteroatoms. The normalized spacial score (nSPS) is 19.2. The van der Waals surface area contributed by atoms with Crippen molar-refractivity contribution in [1.82, 2.24) is 4.90 Å². The van der Waals surface area contributed by atoms with Gasteiger partial charge in [-0.3, -0.25) is 9.69 Å². The quantitative estimate of drug-likeness (QED) is 0.790. The summed E-state index contributed by atoms with van der Waals surface area (Å²) in [5, 5.41) is 0. The molecule has 1 amide bonds. The number of amides is 1. The molecule has 7 nitrogen and oxygen atoms in total. The van der Waals surface area contributed by atoms with Crippen molar-refractivity contribution in [2.45, 2.75) is 6.61 Å². The molecule has 0 spiro atoms. The third kappa shape index (κ3) is 3.81. The molecule has 0 aliphatic carbocycles. The molecule has 0 N–H and O–H groups in total. The monoisotopic (exact) mass is 396 g/mol. The van der Waals surface area contributed by atoms with Crippen LogP contribution in [-0.4, -0.2) is 63.6 Å². The summed E-state index contributed by atoms with van der Waals surface area (Å²) >= 11 is 0. The summed E-state index contributed by atoms with van der Waals surface area (Å²) in [6.45, 7) is 5.58. The van der Waals surface area contributed by atoms with E-state index < -0.39 is 0 Å². The highest BCUT2D eigenvalue weighted by atomic mass is 16.7. The van der Waals surface area contributed by atoms with Gasteiger partial charge in [-0.25, -0.2) is 0 Å². The average Bonchev–Trinajstić information content (AvgIpc) is 3.17. The third-order valence-corrected chi connectivity index (χ3v) is 5.61. The number of benzene rings is 2. The maximum Gasteiger partial charge on any atom is 0.253 e. The molecule has 5 rings (SSSR count). The van der Waals surface area contributed by atoms with Crippen LogP contribution < -0.4 is 14.4 Å². The van der Waals surface area contributed by atoms with E-state index in [1.807, 2.05) is 23.1 Å². The van der Waals surface area contributed by atoms with Gasteiger partial charge in [0, 0.05) is 37.4 Å². The van der Waals surface area contributed by atoms with E-state index in [4.69, 9.17) is 18.9 Å². The van der Waals surface area contributed by atoms with Gasteiger partial charge < -0.3 is 23.8 Å². The van der Waals surface area contributed by atoms with Crippen molar-refractivity contribution in [3.05, 3.63) is 42.0 Å². The molecule has 3 aliphatic rings. The fourth-order valence-corrected chi connectivity index (χ4v) is 3.96. The maximum atomic E-state index is 12.8. The molecule has 3 heterocycles. The van der Waals surface area contributed by atoms with Gasteiger partial charge in [-0.05, 0) is 29.3 Å². The molecule has 1 saturated heterocycles. The highest BCUT2D eigenvalue weighted by Crippen LogP contribution is 2.37. The number of ether oxygens (including phenoxy) is 4. The number of fused-ring (bicyclic) bond motifs is 2. The van der Waals surface area contributed by atoms with Crippen molar-refractivity contribution in [3.63, 3.8) is 0 Å². The molecule has 1 fully saturated rings. The van der Waals surface area contributed by atoms with Crippen molar-refractivity contribution in [3.8, 4) is 22.6 Å². The van der Waals surface area contributed by atoms with Crippen LogP contribution >= 0.6 is 0 Å². The Hall–Kier alpha value is -2.61. The van der Waals surface area contributed by atoms with Gasteiger partial charge in [0.25, 0.3) is 5.91 Å². The van der Waals surface area contributed by atoms with E-state index >= 15 is 0 Å². The Bertz CT molecular complexity index is 910. The minimum atomic E-state index is -0.000142. The number of anilines is 1. The predicted molar refractivity (Wildman–Crippen MR) is 107 cm³/mol. The number of nitrogens with zero attached hydrogens (tertiary/aromatic N) is 2. The van der Waals surface area contributed by atoms with Crippen molar-refractivity contribution in [2.75, 3.05) is 57.7 Å². The Labute approximate surface area is 169 Å². The van der Waals surface area contributed by atoms with Gasteiger partial charge in [-0.1, -0.05) is 18.2 Å². The van der Waals surface area contributed by atoms with E-state index in [1.54, 1.807) is 0 Å². The number of morpholine rings is 1. The van der Waals surface area contributed by atoms with E-state index in [1.165, 1.54) is 0 Å². The first-order valence-electron chi connectivity index (χ1n) is 9.99. The molecule has 2 aromatic rings. The summed E-state index contributed by atoms with van der Waals surface area (Å²) in [5.41, 5.74) is 4.02. The van der Waals surface area contributed by atoms with Gasteiger partial charge >= 0.3 is 0 Å². The second-order valence-electron chi connectivity index (χ2n) is 7.40. The summed E-state index contributed by atoms with van der Waals surface area (Å²) in [4.78, 5) is 17.0. The minimum Gasteiger partial charge on any atom is -0.454 e. The van der Waals surface area contributed by atoms with Crippen LogP contribution in [0.2, 0.25) is 0 Å². The van der Waals surface area contributed by atoms with Crippen LogP contribution in [0, 0.1) is 0 Å². The van der Waals surface area contributed by atoms with Crippen LogP contribution in [0.1, 0.15) is 5.56 Å². The number of hydrogen-bond donors (Lipinski definition) is 0. The van der Waals surface area contributed by atoms with E-state index in [9.17, 15) is 4.79 Å². The third-order valence-electron chi connectivity index (χ3n) is 5.61. The zero-order chi connectivity index (χ0) is 19.6. The summed E-state index contributed by atoms with van der Waals surface area (Å²) in [5.74, 6) is 1.51. The summed E-state index contributed by atoms with van der Waals surface area (Å²) in [6, 6.07) is 12.1. The summed E-state index contributed by atoms with van der Waals surface area (Å²) in [7, 11) is 0. The van der Waals surface area contributed by atoms with E-state index in [-0.39, 0.29) is 19.3 Å². The van der Waals surface area contributed by atoms with Crippen molar-refractivity contribution in [2.24, 2.45) is 0 Å². The molecule has 0 atom stereocenters. The number of carbonyl (C=O) groups is 1. The first-order valence-corrected chi connectivity index (χ1v) is 9.99. The molecule has 3 aliphatic heterocycles. The lowest BCUT2D eigenvalue weighted by molar-refractivity contribution is -0.123.